The second-order valence-corrected chi connectivity index (χ2v) is 7.55. The highest BCUT2D eigenvalue weighted by atomic mass is 16.2. The van der Waals surface area contributed by atoms with Crippen molar-refractivity contribution in [2.24, 2.45) is 5.41 Å². The molecule has 1 N–H and O–H groups in total. The van der Waals surface area contributed by atoms with E-state index in [1.54, 1.807) is 12.3 Å². The normalized spacial score (nSPS) is 24.5. The van der Waals surface area contributed by atoms with Crippen LogP contribution in [0, 0.1) is 5.41 Å². The number of nitrogens with zero attached hydrogens (tertiary/aromatic N) is 3. The van der Waals surface area contributed by atoms with Crippen LogP contribution in [0.3, 0.4) is 0 Å². The third-order valence-corrected chi connectivity index (χ3v) is 6.00. The quantitative estimate of drug-likeness (QED) is 0.885. The van der Waals surface area contributed by atoms with E-state index in [4.69, 9.17) is 0 Å². The summed E-state index contributed by atoms with van der Waals surface area (Å²) in [6.45, 7) is 1.23. The van der Waals surface area contributed by atoms with Gasteiger partial charge in [0.15, 0.2) is 0 Å². The van der Waals surface area contributed by atoms with Crippen molar-refractivity contribution in [3.8, 4) is 0 Å². The number of carbonyl (C=O) groups is 2. The molecule has 1 aliphatic heterocycles. The summed E-state index contributed by atoms with van der Waals surface area (Å²) in [7, 11) is 0. The van der Waals surface area contributed by atoms with Crippen LogP contribution in [0.2, 0.25) is 0 Å². The fraction of sp³-hybridized carbons (Fsp3) is 0.429. The number of carbonyl (C=O) groups excluding carboxylic acids is 2. The van der Waals surface area contributed by atoms with Gasteiger partial charge in [0.05, 0.1) is 0 Å². The van der Waals surface area contributed by atoms with Crippen molar-refractivity contribution in [3.63, 3.8) is 0 Å². The van der Waals surface area contributed by atoms with Gasteiger partial charge in [-0.1, -0.05) is 36.8 Å². The topological polar surface area (TPSA) is 75.2 Å². The first-order chi connectivity index (χ1) is 13.2. The van der Waals surface area contributed by atoms with Crippen molar-refractivity contribution >= 4 is 11.8 Å². The minimum atomic E-state index is -0.177. The van der Waals surface area contributed by atoms with Crippen molar-refractivity contribution in [2.45, 2.75) is 44.7 Å². The molecule has 2 atom stereocenters. The minimum absolute atomic E-state index is 0.0363. The molecule has 0 spiro atoms. The number of fused-ring (bicyclic) bond motifs is 1. The van der Waals surface area contributed by atoms with Crippen molar-refractivity contribution in [3.05, 3.63) is 60.2 Å². The number of amides is 2. The zero-order valence-corrected chi connectivity index (χ0v) is 15.3. The monoisotopic (exact) mass is 364 g/mol. The van der Waals surface area contributed by atoms with Crippen LogP contribution in [0.4, 0.5) is 0 Å². The van der Waals surface area contributed by atoms with Gasteiger partial charge in [0.1, 0.15) is 12.0 Å². The molecule has 2 aromatic rings. The van der Waals surface area contributed by atoms with Crippen LogP contribution in [-0.4, -0.2) is 39.3 Å². The Morgan fingerprint density at radius 2 is 2.07 bits per heavy atom. The molecule has 6 nitrogen and oxygen atoms in total. The first-order valence-corrected chi connectivity index (χ1v) is 9.56. The highest BCUT2D eigenvalue weighted by Crippen LogP contribution is 2.48. The van der Waals surface area contributed by atoms with E-state index in [2.05, 4.69) is 27.4 Å². The summed E-state index contributed by atoms with van der Waals surface area (Å²) < 4.78 is 0. The maximum absolute atomic E-state index is 12.7. The van der Waals surface area contributed by atoms with E-state index >= 15 is 0 Å². The molecule has 1 aromatic heterocycles. The number of aromatic nitrogens is 2. The number of hydrogen-bond acceptors (Lipinski definition) is 4. The number of piperidine rings is 1. The van der Waals surface area contributed by atoms with Crippen molar-refractivity contribution in [1.82, 2.24) is 20.2 Å². The number of likely N-dealkylation sites (tertiary alicyclic amines) is 1. The van der Waals surface area contributed by atoms with E-state index in [0.717, 1.165) is 31.2 Å². The van der Waals surface area contributed by atoms with E-state index < -0.39 is 0 Å². The third kappa shape index (κ3) is 3.56. The molecule has 0 bridgehead atoms. The Bertz CT molecular complexity index is 811. The fourth-order valence-electron chi connectivity index (χ4n) is 4.62. The molecule has 2 aliphatic rings. The summed E-state index contributed by atoms with van der Waals surface area (Å²) >= 11 is 0. The van der Waals surface area contributed by atoms with Crippen LogP contribution < -0.4 is 5.32 Å². The van der Waals surface area contributed by atoms with Gasteiger partial charge in [-0.3, -0.25) is 9.59 Å². The van der Waals surface area contributed by atoms with Gasteiger partial charge >= 0.3 is 0 Å². The lowest BCUT2D eigenvalue weighted by Crippen LogP contribution is -2.55. The molecular weight excluding hydrogens is 340 g/mol. The van der Waals surface area contributed by atoms with Gasteiger partial charge in [0.2, 0.25) is 5.91 Å². The standard InChI is InChI=1S/C21H24N4O2/c26-19-8-11-21(14-23-20(27)17-9-12-22-15-24-17)10-4-7-18(21)25(19)13-16-5-2-1-3-6-16/h1-3,5-6,9,12,15,18H,4,7-8,10-11,13-14H2,(H,23,27)/t18-,21+/m1/s1. The molecule has 1 aliphatic carbocycles. The summed E-state index contributed by atoms with van der Waals surface area (Å²) in [5.41, 5.74) is 1.49. The summed E-state index contributed by atoms with van der Waals surface area (Å²) in [5.74, 6) is 0.0486. The second kappa shape index (κ2) is 7.47. The zero-order chi connectivity index (χ0) is 18.7. The first-order valence-electron chi connectivity index (χ1n) is 9.56. The molecule has 0 unspecified atom stereocenters. The van der Waals surface area contributed by atoms with E-state index in [1.165, 1.54) is 6.33 Å². The van der Waals surface area contributed by atoms with E-state index in [-0.39, 0.29) is 23.3 Å². The Morgan fingerprint density at radius 3 is 2.85 bits per heavy atom. The van der Waals surface area contributed by atoms with E-state index in [0.29, 0.717) is 25.2 Å². The highest BCUT2D eigenvalue weighted by Gasteiger charge is 2.50. The summed E-state index contributed by atoms with van der Waals surface area (Å²) in [6.07, 6.45) is 7.47. The van der Waals surface area contributed by atoms with Gasteiger partial charge in [-0.2, -0.15) is 0 Å². The second-order valence-electron chi connectivity index (χ2n) is 7.55. The molecule has 1 saturated heterocycles. The zero-order valence-electron chi connectivity index (χ0n) is 15.3. The molecule has 2 fully saturated rings. The lowest BCUT2D eigenvalue weighted by Gasteiger charge is -2.46. The average molecular weight is 364 g/mol. The summed E-state index contributed by atoms with van der Waals surface area (Å²) in [6, 6.07) is 11.9. The van der Waals surface area contributed by atoms with Crippen LogP contribution in [0.1, 0.15) is 48.2 Å². The Labute approximate surface area is 159 Å². The van der Waals surface area contributed by atoms with Crippen molar-refractivity contribution in [2.75, 3.05) is 6.54 Å². The minimum Gasteiger partial charge on any atom is -0.350 e. The Hall–Kier alpha value is -2.76. The molecule has 140 valence electrons. The van der Waals surface area contributed by atoms with Gasteiger partial charge in [-0.25, -0.2) is 9.97 Å². The molecular formula is C21H24N4O2. The maximum Gasteiger partial charge on any atom is 0.270 e. The third-order valence-electron chi connectivity index (χ3n) is 6.00. The molecule has 27 heavy (non-hydrogen) atoms. The molecule has 6 heteroatoms. The number of benzene rings is 1. The molecule has 0 radical (unpaired) electrons. The van der Waals surface area contributed by atoms with Gasteiger partial charge in [0, 0.05) is 37.2 Å². The van der Waals surface area contributed by atoms with Gasteiger partial charge in [-0.15, -0.1) is 0 Å². The average Bonchev–Trinajstić information content (AvgIpc) is 3.14. The van der Waals surface area contributed by atoms with Crippen LogP contribution >= 0.6 is 0 Å². The van der Waals surface area contributed by atoms with Crippen LogP contribution in [0.15, 0.2) is 48.9 Å². The Morgan fingerprint density at radius 1 is 1.22 bits per heavy atom. The molecule has 4 rings (SSSR count). The molecule has 1 aromatic carbocycles. The summed E-state index contributed by atoms with van der Waals surface area (Å²) in [5, 5.41) is 3.06. The summed E-state index contributed by atoms with van der Waals surface area (Å²) in [4.78, 5) is 35.0. The molecule has 2 amide bonds. The molecule has 2 heterocycles. The fourth-order valence-corrected chi connectivity index (χ4v) is 4.62. The Balaban J connectivity index is 1.49. The van der Waals surface area contributed by atoms with Crippen LogP contribution in [0.25, 0.3) is 0 Å². The first kappa shape index (κ1) is 17.6. The highest BCUT2D eigenvalue weighted by molar-refractivity contribution is 5.92. The van der Waals surface area contributed by atoms with Gasteiger partial charge in [0.25, 0.3) is 5.91 Å². The molecule has 1 saturated carbocycles. The lowest BCUT2D eigenvalue weighted by molar-refractivity contribution is -0.142. The number of nitrogens with one attached hydrogen (secondary N) is 1. The SMILES string of the molecule is O=C(NC[C@@]12CCC[C@H]1N(Cc1ccccc1)C(=O)CC2)c1ccncn1. The predicted octanol–water partition coefficient (Wildman–Crippen LogP) is 2.57. The van der Waals surface area contributed by atoms with E-state index in [1.807, 2.05) is 23.1 Å². The van der Waals surface area contributed by atoms with Gasteiger partial charge in [-0.05, 0) is 30.9 Å². The van der Waals surface area contributed by atoms with Gasteiger partial charge < -0.3 is 10.2 Å². The number of rotatable bonds is 5. The smallest absolute Gasteiger partial charge is 0.270 e. The van der Waals surface area contributed by atoms with Crippen molar-refractivity contribution < 1.29 is 9.59 Å². The van der Waals surface area contributed by atoms with Crippen LogP contribution in [0.5, 0.6) is 0 Å². The van der Waals surface area contributed by atoms with Crippen LogP contribution in [-0.2, 0) is 11.3 Å². The lowest BCUT2D eigenvalue weighted by atomic mass is 9.74. The Kier molecular flexibility index (Phi) is 4.88. The van der Waals surface area contributed by atoms with E-state index in [9.17, 15) is 9.59 Å². The number of hydrogen-bond donors (Lipinski definition) is 1. The van der Waals surface area contributed by atoms with Crippen molar-refractivity contribution in [1.29, 1.82) is 0 Å². The maximum atomic E-state index is 12.7. The predicted molar refractivity (Wildman–Crippen MR) is 101 cm³/mol. The largest absolute Gasteiger partial charge is 0.350 e.